The van der Waals surface area contributed by atoms with Crippen LogP contribution in [0.4, 0.5) is 19.0 Å². The molecule has 1 saturated heterocycles. The van der Waals surface area contributed by atoms with E-state index < -0.39 is 23.1 Å². The number of halogens is 3. The molecule has 3 rings (SSSR count). The summed E-state index contributed by atoms with van der Waals surface area (Å²) in [4.78, 5) is 37.1. The van der Waals surface area contributed by atoms with E-state index in [1.807, 2.05) is 6.92 Å². The summed E-state index contributed by atoms with van der Waals surface area (Å²) in [5.41, 5.74) is -1.71. The number of thiazole rings is 1. The number of rotatable bonds is 8. The normalized spacial score (nSPS) is 16.7. The molecule has 1 aliphatic rings. The van der Waals surface area contributed by atoms with Crippen LogP contribution in [0.5, 0.6) is 0 Å². The van der Waals surface area contributed by atoms with Gasteiger partial charge in [-0.3, -0.25) is 9.59 Å². The van der Waals surface area contributed by atoms with Crippen molar-refractivity contribution in [3.05, 3.63) is 28.5 Å². The number of hydrogen-bond acceptors (Lipinski definition) is 7. The Morgan fingerprint density at radius 2 is 1.89 bits per heavy atom. The number of aryl methyl sites for hydroxylation is 1. The predicted molar refractivity (Wildman–Crippen MR) is 137 cm³/mol. The van der Waals surface area contributed by atoms with Crippen molar-refractivity contribution in [3.8, 4) is 10.4 Å². The Morgan fingerprint density at radius 1 is 1.22 bits per heavy atom. The first-order valence-electron chi connectivity index (χ1n) is 12.1. The number of anilines is 1. The summed E-state index contributed by atoms with van der Waals surface area (Å²) >= 11 is 1.04. The third-order valence-corrected chi connectivity index (χ3v) is 7.44. The van der Waals surface area contributed by atoms with Crippen LogP contribution in [-0.4, -0.2) is 69.2 Å². The highest BCUT2D eigenvalue weighted by Gasteiger charge is 2.47. The minimum atomic E-state index is -4.37. The Hall–Kier alpha value is -2.73. The fourth-order valence-corrected chi connectivity index (χ4v) is 4.84. The number of alkyl halides is 3. The van der Waals surface area contributed by atoms with E-state index >= 15 is 0 Å². The lowest BCUT2D eigenvalue weighted by molar-refractivity contribution is -0.206. The molecule has 0 aliphatic carbocycles. The van der Waals surface area contributed by atoms with Crippen LogP contribution in [0.15, 0.2) is 12.3 Å². The van der Waals surface area contributed by atoms with E-state index in [-0.39, 0.29) is 41.6 Å². The molecule has 204 valence electrons. The number of nitrogens with one attached hydrogen (secondary N) is 2. The first-order chi connectivity index (χ1) is 17.0. The number of aliphatic hydroxyl groups is 1. The van der Waals surface area contributed by atoms with Crippen LogP contribution in [-0.2, 0) is 0 Å². The summed E-state index contributed by atoms with van der Waals surface area (Å²) in [6.07, 6.45) is -1.14. The lowest BCUT2D eigenvalue weighted by atomic mass is 9.93. The quantitative estimate of drug-likeness (QED) is 0.450. The summed E-state index contributed by atoms with van der Waals surface area (Å²) < 4.78 is 39.6. The van der Waals surface area contributed by atoms with Gasteiger partial charge in [0, 0.05) is 37.4 Å². The molecule has 37 heavy (non-hydrogen) atoms. The monoisotopic (exact) mass is 541 g/mol. The molecule has 0 aromatic carbocycles. The van der Waals surface area contributed by atoms with Crippen molar-refractivity contribution in [3.63, 3.8) is 0 Å². The molecule has 2 aromatic heterocycles. The van der Waals surface area contributed by atoms with Gasteiger partial charge >= 0.3 is 6.18 Å². The maximum atomic E-state index is 13.4. The number of carbonyl (C=O) groups excluding carboxylic acids is 2. The minimum Gasteiger partial charge on any atom is -0.389 e. The van der Waals surface area contributed by atoms with Crippen LogP contribution >= 0.6 is 11.3 Å². The van der Waals surface area contributed by atoms with Gasteiger partial charge in [-0.1, -0.05) is 0 Å². The highest BCUT2D eigenvalue weighted by molar-refractivity contribution is 7.17. The molecule has 0 bridgehead atoms. The van der Waals surface area contributed by atoms with E-state index in [2.05, 4.69) is 20.6 Å². The molecule has 0 spiro atoms. The van der Waals surface area contributed by atoms with Crippen LogP contribution in [0.1, 0.15) is 73.3 Å². The van der Waals surface area contributed by atoms with Crippen molar-refractivity contribution in [1.29, 1.82) is 0 Å². The summed E-state index contributed by atoms with van der Waals surface area (Å²) in [6, 6.07) is 1.65. The second kappa shape index (κ2) is 10.6. The van der Waals surface area contributed by atoms with Gasteiger partial charge in [0.25, 0.3) is 11.8 Å². The van der Waals surface area contributed by atoms with E-state index in [0.29, 0.717) is 22.5 Å². The van der Waals surface area contributed by atoms with Crippen LogP contribution in [0.2, 0.25) is 0 Å². The number of likely N-dealkylation sites (tertiary alicyclic amines) is 1. The minimum absolute atomic E-state index is 0.00239. The maximum absolute atomic E-state index is 13.4. The van der Waals surface area contributed by atoms with Gasteiger partial charge in [0.05, 0.1) is 15.9 Å². The zero-order valence-corrected chi connectivity index (χ0v) is 22.7. The number of pyridine rings is 1. The Bertz CT molecular complexity index is 1160. The largest absolute Gasteiger partial charge is 0.395 e. The van der Waals surface area contributed by atoms with Gasteiger partial charge in [0.15, 0.2) is 5.01 Å². The topological polar surface area (TPSA) is 107 Å². The Balaban J connectivity index is 1.94. The van der Waals surface area contributed by atoms with Crippen LogP contribution in [0, 0.1) is 12.3 Å². The molecular weight excluding hydrogens is 507 g/mol. The highest BCUT2D eigenvalue weighted by Crippen LogP contribution is 2.38. The Kier molecular flexibility index (Phi) is 8.23. The second-order valence-electron chi connectivity index (χ2n) is 10.8. The molecule has 3 N–H and O–H groups in total. The Labute approximate surface area is 218 Å². The summed E-state index contributed by atoms with van der Waals surface area (Å²) in [5, 5.41) is 15.4. The average Bonchev–Trinajstić information content (AvgIpc) is 3.41. The van der Waals surface area contributed by atoms with Gasteiger partial charge in [0.2, 0.25) is 0 Å². The third kappa shape index (κ3) is 6.78. The van der Waals surface area contributed by atoms with Crippen molar-refractivity contribution >= 4 is 29.0 Å². The zero-order chi connectivity index (χ0) is 27.8. The average molecular weight is 542 g/mol. The molecule has 1 fully saturated rings. The number of hydrogen-bond donors (Lipinski definition) is 3. The fourth-order valence-electron chi connectivity index (χ4n) is 3.79. The molecule has 1 aliphatic heterocycles. The first-order valence-corrected chi connectivity index (χ1v) is 12.9. The van der Waals surface area contributed by atoms with Gasteiger partial charge in [-0.25, -0.2) is 9.97 Å². The van der Waals surface area contributed by atoms with Crippen molar-refractivity contribution in [1.82, 2.24) is 20.2 Å². The SMILES string of the molecule is Cc1cc(NCC(C)(C)C(F)(F)F)ncc1-c1sc(C(=O)NCC(C)(C)O)nc1C(=O)N1CCC[C@@H]1C. The molecule has 12 heteroatoms. The number of amides is 2. The van der Waals surface area contributed by atoms with Crippen molar-refractivity contribution in [2.45, 2.75) is 72.2 Å². The molecule has 1 atom stereocenters. The lowest BCUT2D eigenvalue weighted by Crippen LogP contribution is -2.38. The molecule has 8 nitrogen and oxygen atoms in total. The van der Waals surface area contributed by atoms with E-state index in [9.17, 15) is 27.9 Å². The second-order valence-corrected chi connectivity index (χ2v) is 11.8. The van der Waals surface area contributed by atoms with Crippen molar-refractivity contribution in [2.75, 3.05) is 25.0 Å². The van der Waals surface area contributed by atoms with Gasteiger partial charge in [-0.2, -0.15) is 13.2 Å². The van der Waals surface area contributed by atoms with E-state index in [1.165, 1.54) is 6.20 Å². The van der Waals surface area contributed by atoms with Gasteiger partial charge < -0.3 is 20.6 Å². The molecule has 2 aromatic rings. The molecule has 0 saturated carbocycles. The van der Waals surface area contributed by atoms with Gasteiger partial charge in [-0.15, -0.1) is 11.3 Å². The number of carbonyl (C=O) groups is 2. The van der Waals surface area contributed by atoms with E-state index in [0.717, 1.165) is 38.0 Å². The van der Waals surface area contributed by atoms with E-state index in [1.54, 1.807) is 31.7 Å². The fraction of sp³-hybridized carbons (Fsp3) is 0.600. The van der Waals surface area contributed by atoms with E-state index in [4.69, 9.17) is 0 Å². The Morgan fingerprint density at radius 3 is 2.43 bits per heavy atom. The molecule has 2 amide bonds. The summed E-state index contributed by atoms with van der Waals surface area (Å²) in [5.74, 6) is -0.529. The number of aromatic nitrogens is 2. The zero-order valence-electron chi connectivity index (χ0n) is 21.9. The van der Waals surface area contributed by atoms with Gasteiger partial charge in [0.1, 0.15) is 11.5 Å². The first kappa shape index (κ1) is 28.8. The molecular formula is C25H34F3N5O3S. The smallest absolute Gasteiger partial charge is 0.389 e. The van der Waals surface area contributed by atoms with Crippen molar-refractivity contribution in [2.24, 2.45) is 5.41 Å². The van der Waals surface area contributed by atoms with Crippen LogP contribution < -0.4 is 10.6 Å². The third-order valence-electron chi connectivity index (χ3n) is 6.35. The maximum Gasteiger partial charge on any atom is 0.395 e. The molecule has 0 unspecified atom stereocenters. The molecule has 0 radical (unpaired) electrons. The lowest BCUT2D eigenvalue weighted by Gasteiger charge is -2.28. The van der Waals surface area contributed by atoms with Gasteiger partial charge in [-0.05, 0) is 66.0 Å². The van der Waals surface area contributed by atoms with Crippen LogP contribution in [0.3, 0.4) is 0 Å². The number of nitrogens with zero attached hydrogens (tertiary/aromatic N) is 3. The summed E-state index contributed by atoms with van der Waals surface area (Å²) in [6.45, 7) is 9.30. The van der Waals surface area contributed by atoms with Crippen molar-refractivity contribution < 1.29 is 27.9 Å². The standard InChI is InChI=1S/C25H34F3N5O3S/c1-14-10-17(30-12-23(3,4)25(26,27)28)29-11-16(14)19-18(22(35)33-9-7-8-15(33)2)32-21(37-19)20(34)31-13-24(5,6)36/h10-11,15,36H,7-9,12-13H2,1-6H3,(H,29,30)(H,31,34)/t15-/m0/s1. The van der Waals surface area contributed by atoms with Crippen LogP contribution in [0.25, 0.3) is 10.4 Å². The summed E-state index contributed by atoms with van der Waals surface area (Å²) in [7, 11) is 0. The highest BCUT2D eigenvalue weighted by atomic mass is 32.1. The molecule has 3 heterocycles. The predicted octanol–water partition coefficient (Wildman–Crippen LogP) is 4.64.